The maximum atomic E-state index is 9.94. The molecule has 144 valence electrons. The molecular formula is C12H24O12. The van der Waals surface area contributed by atoms with Crippen molar-refractivity contribution in [1.29, 1.82) is 0 Å². The Morgan fingerprint density at radius 1 is 0.667 bits per heavy atom. The van der Waals surface area contributed by atoms with E-state index in [1.807, 2.05) is 0 Å². The van der Waals surface area contributed by atoms with Crippen molar-refractivity contribution < 1.29 is 60.5 Å². The van der Waals surface area contributed by atoms with E-state index in [0.29, 0.717) is 0 Å². The van der Waals surface area contributed by atoms with Gasteiger partial charge in [0.1, 0.15) is 48.8 Å². The Labute approximate surface area is 136 Å². The van der Waals surface area contributed by atoms with Crippen molar-refractivity contribution in [2.75, 3.05) is 13.2 Å². The Hall–Kier alpha value is -0.480. The van der Waals surface area contributed by atoms with Gasteiger partial charge < -0.3 is 60.5 Å². The Bertz CT molecular complexity index is 379. The number of hydrogen-bond donors (Lipinski definition) is 8. The third-order valence-electron chi connectivity index (χ3n) is 3.98. The molecule has 10 atom stereocenters. The molecule has 2 fully saturated rings. The largest absolute Gasteiger partial charge is 0.412 e. The van der Waals surface area contributed by atoms with Crippen molar-refractivity contribution in [3.63, 3.8) is 0 Å². The van der Waals surface area contributed by atoms with Gasteiger partial charge in [-0.2, -0.15) is 0 Å². The van der Waals surface area contributed by atoms with Crippen molar-refractivity contribution in [1.82, 2.24) is 0 Å². The molecule has 2 aliphatic heterocycles. The second-order valence-electron chi connectivity index (χ2n) is 5.53. The van der Waals surface area contributed by atoms with Crippen LogP contribution in [0.25, 0.3) is 0 Å². The topological polar surface area (TPSA) is 221 Å². The maximum absolute atomic E-state index is 9.94. The van der Waals surface area contributed by atoms with E-state index in [-0.39, 0.29) is 5.48 Å². The molecular weight excluding hydrogens is 337 g/mol. The van der Waals surface area contributed by atoms with Gasteiger partial charge in [0.05, 0.1) is 13.2 Å². The number of aliphatic hydroxyl groups excluding tert-OH is 8. The van der Waals surface area contributed by atoms with Gasteiger partial charge in [-0.25, -0.2) is 0 Å². The van der Waals surface area contributed by atoms with Crippen molar-refractivity contribution in [2.45, 2.75) is 61.4 Å². The summed E-state index contributed by atoms with van der Waals surface area (Å²) >= 11 is 0. The zero-order chi connectivity index (χ0) is 17.3. The maximum Gasteiger partial charge on any atom is 0.187 e. The summed E-state index contributed by atoms with van der Waals surface area (Å²) in [5, 5.41) is 76.5. The summed E-state index contributed by atoms with van der Waals surface area (Å²) in [4.78, 5) is 0. The number of ether oxygens (including phenoxy) is 3. The van der Waals surface area contributed by atoms with Crippen molar-refractivity contribution in [3.05, 3.63) is 0 Å². The van der Waals surface area contributed by atoms with Crippen LogP contribution in [0.3, 0.4) is 0 Å². The predicted molar refractivity (Wildman–Crippen MR) is 72.2 cm³/mol. The van der Waals surface area contributed by atoms with Gasteiger partial charge in [0.25, 0.3) is 0 Å². The zero-order valence-corrected chi connectivity index (χ0v) is 12.5. The summed E-state index contributed by atoms with van der Waals surface area (Å²) in [7, 11) is 0. The normalized spacial score (nSPS) is 49.5. The molecule has 2 rings (SSSR count). The van der Waals surface area contributed by atoms with E-state index in [9.17, 15) is 35.7 Å². The van der Waals surface area contributed by atoms with E-state index in [4.69, 9.17) is 19.3 Å². The first-order chi connectivity index (χ1) is 10.8. The van der Waals surface area contributed by atoms with Crippen LogP contribution >= 0.6 is 0 Å². The van der Waals surface area contributed by atoms with Gasteiger partial charge in [0.2, 0.25) is 0 Å². The van der Waals surface area contributed by atoms with Crippen LogP contribution in [-0.2, 0) is 14.2 Å². The summed E-state index contributed by atoms with van der Waals surface area (Å²) in [5.74, 6) is 0. The van der Waals surface area contributed by atoms with Crippen molar-refractivity contribution in [2.24, 2.45) is 0 Å². The molecule has 0 saturated carbocycles. The van der Waals surface area contributed by atoms with Crippen molar-refractivity contribution >= 4 is 0 Å². The minimum absolute atomic E-state index is 0. The Kier molecular flexibility index (Phi) is 7.86. The molecule has 0 aromatic heterocycles. The monoisotopic (exact) mass is 361 g/mol. The fourth-order valence-electron chi connectivity index (χ4n) is 2.57. The SMILES string of the molecule is O.OC[C@H]1O[C@H](O[C@H]2[C@H](O)[C@@H](O)[13C@@H](O)O[C@@H]2CO)[C@H](O)[C@@H](O)[C@@H]1O. The second kappa shape index (κ2) is 8.75. The third-order valence-corrected chi connectivity index (χ3v) is 3.98. The summed E-state index contributed by atoms with van der Waals surface area (Å²) in [6.45, 7) is -1.35. The van der Waals surface area contributed by atoms with Gasteiger partial charge in [0.15, 0.2) is 12.6 Å². The smallest absolute Gasteiger partial charge is 0.187 e. The van der Waals surface area contributed by atoms with Crippen LogP contribution in [0.2, 0.25) is 0 Å². The van der Waals surface area contributed by atoms with E-state index in [1.54, 1.807) is 0 Å². The standard InChI is InChI=1S/C12H22O11.H2O/c13-1-3-5(15)6(16)9(19)12(22-3)23-10-4(2-14)21-11(20)8(18)7(10)17;/h3-20H,1-2H2;1H2/t3-,4-,5-,6+,7-,8-,9-,10-,11+,12-;/m1./s1/i11+1;. The van der Waals surface area contributed by atoms with E-state index in [0.717, 1.165) is 0 Å². The molecule has 0 spiro atoms. The van der Waals surface area contributed by atoms with Crippen LogP contribution in [0.15, 0.2) is 0 Å². The lowest BCUT2D eigenvalue weighted by Gasteiger charge is -2.45. The van der Waals surface area contributed by atoms with Gasteiger partial charge in [0, 0.05) is 0 Å². The molecule has 0 radical (unpaired) electrons. The van der Waals surface area contributed by atoms with Gasteiger partial charge in [-0.3, -0.25) is 0 Å². The van der Waals surface area contributed by atoms with Gasteiger partial charge in [-0.15, -0.1) is 0 Å². The van der Waals surface area contributed by atoms with Crippen LogP contribution in [0.5, 0.6) is 0 Å². The van der Waals surface area contributed by atoms with E-state index >= 15 is 0 Å². The van der Waals surface area contributed by atoms with E-state index in [1.165, 1.54) is 0 Å². The molecule has 24 heavy (non-hydrogen) atoms. The van der Waals surface area contributed by atoms with Crippen LogP contribution < -0.4 is 0 Å². The summed E-state index contributed by atoms with van der Waals surface area (Å²) < 4.78 is 15.3. The fourth-order valence-corrected chi connectivity index (χ4v) is 2.57. The lowest BCUT2D eigenvalue weighted by molar-refractivity contribution is -0.355. The molecule has 2 aliphatic rings. The first kappa shape index (κ1) is 21.6. The molecule has 0 aromatic rings. The Morgan fingerprint density at radius 3 is 1.79 bits per heavy atom. The average molecular weight is 361 g/mol. The van der Waals surface area contributed by atoms with Crippen LogP contribution in [0.4, 0.5) is 0 Å². The highest BCUT2D eigenvalue weighted by Crippen LogP contribution is 2.28. The Balaban J connectivity index is 0.00000288. The number of aliphatic hydroxyl groups is 8. The van der Waals surface area contributed by atoms with E-state index in [2.05, 4.69) is 0 Å². The van der Waals surface area contributed by atoms with Crippen LogP contribution in [-0.4, -0.2) is 121 Å². The van der Waals surface area contributed by atoms with Crippen LogP contribution in [0.1, 0.15) is 0 Å². The minimum atomic E-state index is -1.74. The molecule has 10 N–H and O–H groups in total. The van der Waals surface area contributed by atoms with Gasteiger partial charge in [-0.05, 0) is 0 Å². The summed E-state index contributed by atoms with van der Waals surface area (Å²) in [6, 6.07) is 0. The molecule has 0 bridgehead atoms. The van der Waals surface area contributed by atoms with Gasteiger partial charge >= 0.3 is 0 Å². The van der Waals surface area contributed by atoms with Crippen LogP contribution in [0, 0.1) is 0 Å². The molecule has 12 nitrogen and oxygen atoms in total. The Morgan fingerprint density at radius 2 is 1.25 bits per heavy atom. The average Bonchev–Trinajstić information content (AvgIpc) is 2.55. The highest BCUT2D eigenvalue weighted by atomic mass is 16.8. The molecule has 0 unspecified atom stereocenters. The third kappa shape index (κ3) is 4.01. The van der Waals surface area contributed by atoms with Gasteiger partial charge in [-0.1, -0.05) is 0 Å². The highest BCUT2D eigenvalue weighted by molar-refractivity contribution is 4.93. The lowest BCUT2D eigenvalue weighted by atomic mass is 9.98. The quantitative estimate of drug-likeness (QED) is 0.220. The first-order valence-corrected chi connectivity index (χ1v) is 7.08. The molecule has 0 aromatic carbocycles. The molecule has 12 heteroatoms. The first-order valence-electron chi connectivity index (χ1n) is 7.08. The second-order valence-corrected chi connectivity index (χ2v) is 5.53. The lowest BCUT2D eigenvalue weighted by Crippen LogP contribution is -2.64. The summed E-state index contributed by atoms with van der Waals surface area (Å²) in [6.07, 6.45) is -15.6. The van der Waals surface area contributed by atoms with Crippen molar-refractivity contribution in [3.8, 4) is 0 Å². The molecule has 2 saturated heterocycles. The molecule has 0 aliphatic carbocycles. The molecule has 2 heterocycles. The molecule has 0 amide bonds. The zero-order valence-electron chi connectivity index (χ0n) is 12.5. The van der Waals surface area contributed by atoms with E-state index < -0.39 is 74.6 Å². The highest BCUT2D eigenvalue weighted by Gasteiger charge is 2.50. The number of hydrogen-bond acceptors (Lipinski definition) is 11. The minimum Gasteiger partial charge on any atom is -0.412 e. The summed E-state index contributed by atoms with van der Waals surface area (Å²) in [5.41, 5.74) is 0. The number of rotatable bonds is 4. The fraction of sp³-hybridized carbons (Fsp3) is 1.00. The predicted octanol–water partition coefficient (Wildman–Crippen LogP) is -6.22.